The first kappa shape index (κ1) is 15.0. The van der Waals surface area contributed by atoms with Crippen LogP contribution in [0.25, 0.3) is 0 Å². The van der Waals surface area contributed by atoms with E-state index in [0.717, 1.165) is 25.2 Å². The number of anilines is 1. The quantitative estimate of drug-likeness (QED) is 0.911. The fraction of sp³-hybridized carbons (Fsp3) is 0.562. The molecule has 0 aliphatic carbocycles. The Morgan fingerprint density at radius 3 is 2.75 bits per heavy atom. The highest BCUT2D eigenvalue weighted by Crippen LogP contribution is 2.20. The number of nitrogens with one attached hydrogen (secondary N) is 1. The minimum absolute atomic E-state index is 0.0600. The van der Waals surface area contributed by atoms with Crippen molar-refractivity contribution in [3.63, 3.8) is 0 Å². The van der Waals surface area contributed by atoms with Crippen LogP contribution in [0, 0.1) is 5.92 Å². The van der Waals surface area contributed by atoms with Gasteiger partial charge < -0.3 is 10.2 Å². The van der Waals surface area contributed by atoms with Crippen molar-refractivity contribution in [2.45, 2.75) is 19.4 Å². The molecule has 0 saturated carbocycles. The van der Waals surface area contributed by atoms with E-state index in [1.54, 1.807) is 0 Å². The summed E-state index contributed by atoms with van der Waals surface area (Å²) in [6, 6.07) is 10.1. The molecule has 2 rings (SSSR count). The molecular weight excluding hydrogens is 250 g/mol. The molecule has 1 heterocycles. The maximum atomic E-state index is 12.1. The second kappa shape index (κ2) is 6.86. The van der Waals surface area contributed by atoms with Gasteiger partial charge in [-0.25, -0.2) is 0 Å². The Morgan fingerprint density at radius 2 is 2.10 bits per heavy atom. The molecule has 1 amide bonds. The van der Waals surface area contributed by atoms with Gasteiger partial charge in [0.2, 0.25) is 5.91 Å². The number of piperidine rings is 1. The van der Waals surface area contributed by atoms with Crippen molar-refractivity contribution >= 4 is 11.6 Å². The lowest BCUT2D eigenvalue weighted by Crippen LogP contribution is -2.49. The van der Waals surface area contributed by atoms with Crippen LogP contribution >= 0.6 is 0 Å². The molecule has 1 aromatic carbocycles. The third-order valence-corrected chi connectivity index (χ3v) is 4.08. The summed E-state index contributed by atoms with van der Waals surface area (Å²) < 4.78 is 0. The van der Waals surface area contributed by atoms with Crippen LogP contribution in [-0.2, 0) is 4.79 Å². The Balaban J connectivity index is 1.84. The van der Waals surface area contributed by atoms with E-state index in [1.165, 1.54) is 0 Å². The number of hydrogen-bond acceptors (Lipinski definition) is 3. The van der Waals surface area contributed by atoms with Gasteiger partial charge in [0.25, 0.3) is 0 Å². The molecule has 4 nitrogen and oxygen atoms in total. The summed E-state index contributed by atoms with van der Waals surface area (Å²) in [7, 11) is 4.21. The Kier molecular flexibility index (Phi) is 5.15. The van der Waals surface area contributed by atoms with Gasteiger partial charge in [-0.1, -0.05) is 25.1 Å². The van der Waals surface area contributed by atoms with Crippen LogP contribution in [-0.4, -0.2) is 55.5 Å². The Morgan fingerprint density at radius 1 is 1.40 bits per heavy atom. The number of benzene rings is 1. The third kappa shape index (κ3) is 4.05. The molecule has 1 saturated heterocycles. The Bertz CT molecular complexity index is 435. The maximum Gasteiger partial charge on any atom is 0.238 e. The van der Waals surface area contributed by atoms with Crippen LogP contribution in [0.1, 0.15) is 13.3 Å². The first-order valence-electron chi connectivity index (χ1n) is 7.30. The number of carbonyl (C=O) groups excluding carboxylic acids is 1. The van der Waals surface area contributed by atoms with Crippen molar-refractivity contribution in [3.8, 4) is 0 Å². The number of nitrogens with zero attached hydrogens (tertiary/aromatic N) is 2. The van der Waals surface area contributed by atoms with Crippen molar-refractivity contribution in [1.82, 2.24) is 9.80 Å². The summed E-state index contributed by atoms with van der Waals surface area (Å²) in [5.41, 5.74) is 0.863. The second-order valence-electron chi connectivity index (χ2n) is 5.92. The van der Waals surface area contributed by atoms with Gasteiger partial charge in [-0.3, -0.25) is 9.69 Å². The van der Waals surface area contributed by atoms with Crippen molar-refractivity contribution in [3.05, 3.63) is 30.3 Å². The van der Waals surface area contributed by atoms with Gasteiger partial charge in [-0.05, 0) is 45.1 Å². The molecular formula is C16H25N3O. The van der Waals surface area contributed by atoms with Crippen molar-refractivity contribution in [2.75, 3.05) is 39.0 Å². The molecule has 0 unspecified atom stereocenters. The summed E-state index contributed by atoms with van der Waals surface area (Å²) in [6.45, 7) is 4.94. The van der Waals surface area contributed by atoms with Gasteiger partial charge >= 0.3 is 0 Å². The standard InChI is InChI=1S/C16H25N3O/c1-13-11-18(2)10-9-15(13)19(3)12-16(20)17-14-7-5-4-6-8-14/h4-8,13,15H,9-12H2,1-3H3,(H,17,20)/t13-,15+/m0/s1. The third-order valence-electron chi connectivity index (χ3n) is 4.08. The van der Waals surface area contributed by atoms with Crippen LogP contribution in [0.15, 0.2) is 30.3 Å². The molecule has 1 fully saturated rings. The number of amides is 1. The SMILES string of the molecule is C[C@H]1CN(C)CC[C@H]1N(C)CC(=O)Nc1ccccc1. The van der Waals surface area contributed by atoms with Gasteiger partial charge in [0.05, 0.1) is 6.54 Å². The largest absolute Gasteiger partial charge is 0.325 e. The topological polar surface area (TPSA) is 35.6 Å². The molecule has 4 heteroatoms. The van der Waals surface area contributed by atoms with Crippen LogP contribution in [0.5, 0.6) is 0 Å². The highest BCUT2D eigenvalue weighted by Gasteiger charge is 2.28. The Labute approximate surface area is 121 Å². The molecule has 0 spiro atoms. The molecule has 1 aliphatic heterocycles. The molecule has 0 radical (unpaired) electrons. The zero-order valence-electron chi connectivity index (χ0n) is 12.7. The average Bonchev–Trinajstić information content (AvgIpc) is 2.39. The zero-order chi connectivity index (χ0) is 14.5. The normalized spacial score (nSPS) is 23.8. The summed E-state index contributed by atoms with van der Waals surface area (Å²) in [5.74, 6) is 0.660. The van der Waals surface area contributed by atoms with Gasteiger partial charge in [-0.15, -0.1) is 0 Å². The minimum Gasteiger partial charge on any atom is -0.325 e. The summed E-state index contributed by atoms with van der Waals surface area (Å²) in [6.07, 6.45) is 1.13. The predicted molar refractivity (Wildman–Crippen MR) is 82.8 cm³/mol. The predicted octanol–water partition coefficient (Wildman–Crippen LogP) is 1.90. The van der Waals surface area contributed by atoms with Crippen LogP contribution in [0.3, 0.4) is 0 Å². The summed E-state index contributed by atoms with van der Waals surface area (Å²) in [5, 5.41) is 2.94. The minimum atomic E-state index is 0.0600. The van der Waals surface area contributed by atoms with Crippen molar-refractivity contribution in [2.24, 2.45) is 5.92 Å². The van der Waals surface area contributed by atoms with E-state index >= 15 is 0 Å². The van der Waals surface area contributed by atoms with E-state index in [0.29, 0.717) is 18.5 Å². The van der Waals surface area contributed by atoms with Crippen molar-refractivity contribution in [1.29, 1.82) is 0 Å². The molecule has 0 bridgehead atoms. The average molecular weight is 275 g/mol. The number of para-hydroxylation sites is 1. The molecule has 20 heavy (non-hydrogen) atoms. The fourth-order valence-electron chi connectivity index (χ4n) is 3.06. The molecule has 1 aliphatic rings. The van der Waals surface area contributed by atoms with E-state index in [2.05, 4.69) is 36.1 Å². The van der Waals surface area contributed by atoms with E-state index < -0.39 is 0 Å². The number of hydrogen-bond donors (Lipinski definition) is 1. The lowest BCUT2D eigenvalue weighted by atomic mass is 9.93. The smallest absolute Gasteiger partial charge is 0.238 e. The van der Waals surface area contributed by atoms with E-state index in [9.17, 15) is 4.79 Å². The molecule has 110 valence electrons. The van der Waals surface area contributed by atoms with E-state index in [4.69, 9.17) is 0 Å². The molecule has 2 atom stereocenters. The Hall–Kier alpha value is -1.39. The monoisotopic (exact) mass is 275 g/mol. The van der Waals surface area contributed by atoms with Crippen LogP contribution in [0.4, 0.5) is 5.69 Å². The second-order valence-corrected chi connectivity index (χ2v) is 5.92. The zero-order valence-corrected chi connectivity index (χ0v) is 12.7. The van der Waals surface area contributed by atoms with Gasteiger partial charge in [0.1, 0.15) is 0 Å². The fourth-order valence-corrected chi connectivity index (χ4v) is 3.06. The van der Waals surface area contributed by atoms with Crippen LogP contribution in [0.2, 0.25) is 0 Å². The lowest BCUT2D eigenvalue weighted by molar-refractivity contribution is -0.118. The highest BCUT2D eigenvalue weighted by atomic mass is 16.2. The van der Waals surface area contributed by atoms with E-state index in [-0.39, 0.29) is 5.91 Å². The number of rotatable bonds is 4. The lowest BCUT2D eigenvalue weighted by Gasteiger charge is -2.39. The number of carbonyl (C=O) groups is 1. The van der Waals surface area contributed by atoms with Crippen molar-refractivity contribution < 1.29 is 4.79 Å². The molecule has 1 N–H and O–H groups in total. The number of likely N-dealkylation sites (N-methyl/N-ethyl adjacent to an activating group) is 1. The number of likely N-dealkylation sites (tertiary alicyclic amines) is 1. The summed E-state index contributed by atoms with van der Waals surface area (Å²) >= 11 is 0. The van der Waals surface area contributed by atoms with Gasteiger partial charge in [0, 0.05) is 18.3 Å². The first-order valence-corrected chi connectivity index (χ1v) is 7.30. The first-order chi connectivity index (χ1) is 9.56. The maximum absolute atomic E-state index is 12.1. The highest BCUT2D eigenvalue weighted by molar-refractivity contribution is 5.92. The van der Waals surface area contributed by atoms with E-state index in [1.807, 2.05) is 30.3 Å². The summed E-state index contributed by atoms with van der Waals surface area (Å²) in [4.78, 5) is 16.6. The molecule has 1 aromatic rings. The molecule has 0 aromatic heterocycles. The van der Waals surface area contributed by atoms with Gasteiger partial charge in [-0.2, -0.15) is 0 Å². The van der Waals surface area contributed by atoms with Crippen LogP contribution < -0.4 is 5.32 Å². The van der Waals surface area contributed by atoms with Gasteiger partial charge in [0.15, 0.2) is 0 Å².